The fourth-order valence-corrected chi connectivity index (χ4v) is 3.11. The van der Waals surface area contributed by atoms with Crippen LogP contribution in [0.4, 0.5) is 5.69 Å². The average Bonchev–Trinajstić information content (AvgIpc) is 2.82. The predicted octanol–water partition coefficient (Wildman–Crippen LogP) is 3.82. The van der Waals surface area contributed by atoms with E-state index in [9.17, 15) is 14.7 Å². The van der Waals surface area contributed by atoms with E-state index in [1.807, 2.05) is 0 Å². The molecule has 0 unspecified atom stereocenters. The number of hydrogen-bond donors (Lipinski definition) is 2. The van der Waals surface area contributed by atoms with Crippen molar-refractivity contribution in [3.05, 3.63) is 39.0 Å². The number of thiophene rings is 1. The zero-order valence-electron chi connectivity index (χ0n) is 10.9. The lowest BCUT2D eigenvalue weighted by Crippen LogP contribution is -2.10. The molecule has 0 saturated heterocycles. The number of halogens is 1. The third kappa shape index (κ3) is 3.19. The molecule has 2 aromatic rings. The molecule has 0 aliphatic heterocycles. The quantitative estimate of drug-likeness (QED) is 0.865. The van der Waals surface area contributed by atoms with E-state index in [2.05, 4.69) is 4.85 Å². The monoisotopic (exact) mass is 338 g/mol. The molecule has 0 saturated carbocycles. The number of carboxylic acid groups (broad SMARTS) is 2. The molecule has 2 N–H and O–H groups in total. The molecule has 0 aliphatic rings. The molecule has 6 nitrogen and oxygen atoms in total. The molecule has 0 amide bonds. The highest BCUT2D eigenvalue weighted by Gasteiger charge is 2.25. The summed E-state index contributed by atoms with van der Waals surface area (Å²) in [5, 5.41) is 17.9. The predicted molar refractivity (Wildman–Crippen MR) is 82.8 cm³/mol. The van der Waals surface area contributed by atoms with Crippen molar-refractivity contribution in [1.29, 1.82) is 0 Å². The summed E-state index contributed by atoms with van der Waals surface area (Å²) in [6.07, 6.45) is 0. The van der Waals surface area contributed by atoms with Crippen LogP contribution in [0.3, 0.4) is 0 Å². The topological polar surface area (TPSA) is 88.2 Å². The van der Waals surface area contributed by atoms with Crippen LogP contribution in [-0.4, -0.2) is 28.8 Å². The number of hydrogen-bond acceptors (Lipinski definition) is 4. The van der Waals surface area contributed by atoms with Crippen LogP contribution in [0.5, 0.6) is 5.75 Å². The molecule has 1 heterocycles. The van der Waals surface area contributed by atoms with Crippen LogP contribution in [0.2, 0.25) is 5.02 Å². The number of nitrogens with zero attached hydrogens (tertiary/aromatic N) is 1. The Hall–Kier alpha value is -2.56. The minimum atomic E-state index is -1.25. The van der Waals surface area contributed by atoms with Gasteiger partial charge in [0.15, 0.2) is 17.2 Å². The van der Waals surface area contributed by atoms with Gasteiger partial charge in [-0.05, 0) is 4.85 Å². The minimum absolute atomic E-state index is 0.0396. The Morgan fingerprint density at radius 3 is 2.68 bits per heavy atom. The van der Waals surface area contributed by atoms with Gasteiger partial charge in [-0.3, -0.25) is 0 Å². The van der Waals surface area contributed by atoms with E-state index in [0.29, 0.717) is 16.1 Å². The summed E-state index contributed by atoms with van der Waals surface area (Å²) in [5.41, 5.74) is 1.10. The van der Waals surface area contributed by atoms with Gasteiger partial charge in [0.2, 0.25) is 0 Å². The first-order chi connectivity index (χ1) is 10.4. The summed E-state index contributed by atoms with van der Waals surface area (Å²) in [4.78, 5) is 25.7. The van der Waals surface area contributed by atoms with Crippen LogP contribution < -0.4 is 4.74 Å². The van der Waals surface area contributed by atoms with Crippen molar-refractivity contribution in [1.82, 2.24) is 0 Å². The van der Waals surface area contributed by atoms with Crippen LogP contribution in [0.25, 0.3) is 15.3 Å². The summed E-state index contributed by atoms with van der Waals surface area (Å²) >= 11 is 7.04. The van der Waals surface area contributed by atoms with Crippen molar-refractivity contribution in [3.8, 4) is 22.8 Å². The molecule has 0 bridgehead atoms. The normalized spacial score (nSPS) is 10.0. The highest BCUT2D eigenvalue weighted by Crippen LogP contribution is 2.45. The fourth-order valence-electron chi connectivity index (χ4n) is 1.71. The third-order valence-electron chi connectivity index (χ3n) is 2.60. The van der Waals surface area contributed by atoms with Crippen molar-refractivity contribution in [2.45, 2.75) is 0 Å². The lowest BCUT2D eigenvalue weighted by molar-refractivity contribution is -0.139. The molecule has 0 radical (unpaired) electrons. The summed E-state index contributed by atoms with van der Waals surface area (Å²) in [6, 6.07) is 6.70. The Morgan fingerprint density at radius 2 is 2.09 bits per heavy atom. The van der Waals surface area contributed by atoms with Crippen LogP contribution in [0, 0.1) is 6.57 Å². The second-order valence-electron chi connectivity index (χ2n) is 4.07. The lowest BCUT2D eigenvalue weighted by atomic mass is 10.1. The summed E-state index contributed by atoms with van der Waals surface area (Å²) in [7, 11) is 0. The molecule has 8 heteroatoms. The summed E-state index contributed by atoms with van der Waals surface area (Å²) in [5.74, 6) is -2.64. The van der Waals surface area contributed by atoms with Crippen LogP contribution in [0.15, 0.2) is 24.3 Å². The van der Waals surface area contributed by atoms with Crippen LogP contribution in [-0.2, 0) is 4.79 Å². The first-order valence-corrected chi connectivity index (χ1v) is 7.05. The molecule has 0 aliphatic carbocycles. The molecule has 2 rings (SSSR count). The number of rotatable bonds is 5. The second kappa shape index (κ2) is 6.47. The SMILES string of the molecule is C#[N+]c1cccc(-c2sc(C(=O)O)c(OCC(=O)O)c2Cl)c1. The Kier molecular flexibility index (Phi) is 4.65. The number of carbonyl (C=O) groups is 2. The van der Waals surface area contributed by atoms with E-state index in [0.717, 1.165) is 11.3 Å². The molecule has 0 fully saturated rings. The van der Waals surface area contributed by atoms with Crippen molar-refractivity contribution < 1.29 is 24.5 Å². The molecule has 0 spiro atoms. The Bertz CT molecular complexity index is 793. The summed E-state index contributed by atoms with van der Waals surface area (Å²) in [6.45, 7) is 4.52. The molecule has 22 heavy (non-hydrogen) atoms. The first-order valence-electron chi connectivity index (χ1n) is 5.85. The molecular weight excluding hydrogens is 330 g/mol. The molecule has 1 aromatic heterocycles. The Balaban J connectivity index is 2.53. The van der Waals surface area contributed by atoms with Crippen molar-refractivity contribution in [3.63, 3.8) is 0 Å². The van der Waals surface area contributed by atoms with Crippen LogP contribution >= 0.6 is 22.9 Å². The van der Waals surface area contributed by atoms with Gasteiger partial charge in [-0.2, -0.15) is 0 Å². The van der Waals surface area contributed by atoms with E-state index in [1.54, 1.807) is 24.3 Å². The fraction of sp³-hybridized carbons (Fsp3) is 0.0714. The van der Waals surface area contributed by atoms with E-state index >= 15 is 0 Å². The zero-order chi connectivity index (χ0) is 16.3. The number of aliphatic carboxylic acids is 1. The van der Waals surface area contributed by atoms with Crippen molar-refractivity contribution in [2.24, 2.45) is 0 Å². The number of ether oxygens (including phenoxy) is 1. The van der Waals surface area contributed by atoms with Crippen molar-refractivity contribution in [2.75, 3.05) is 6.61 Å². The summed E-state index contributed by atoms with van der Waals surface area (Å²) < 4.78 is 5.00. The van der Waals surface area contributed by atoms with E-state index in [4.69, 9.17) is 28.0 Å². The number of carboxylic acids is 2. The van der Waals surface area contributed by atoms with Gasteiger partial charge >= 0.3 is 17.6 Å². The van der Waals surface area contributed by atoms with Gasteiger partial charge in [-0.15, -0.1) is 11.3 Å². The number of benzene rings is 1. The zero-order valence-corrected chi connectivity index (χ0v) is 12.5. The van der Waals surface area contributed by atoms with E-state index in [-0.39, 0.29) is 15.6 Å². The van der Waals surface area contributed by atoms with Crippen LogP contribution in [0.1, 0.15) is 9.67 Å². The Morgan fingerprint density at radius 1 is 1.36 bits per heavy atom. The van der Waals surface area contributed by atoms with Gasteiger partial charge < -0.3 is 14.9 Å². The van der Waals surface area contributed by atoms with Crippen molar-refractivity contribution >= 4 is 40.6 Å². The molecule has 0 atom stereocenters. The van der Waals surface area contributed by atoms with Gasteiger partial charge in [0.1, 0.15) is 5.02 Å². The van der Waals surface area contributed by atoms with Gasteiger partial charge in [0, 0.05) is 17.7 Å². The van der Waals surface area contributed by atoms with E-state index < -0.39 is 18.5 Å². The average molecular weight is 339 g/mol. The molecule has 112 valence electrons. The van der Waals surface area contributed by atoms with Gasteiger partial charge in [-0.25, -0.2) is 9.59 Å². The molecule has 1 aromatic carbocycles. The number of aromatic carboxylic acids is 1. The Labute approximate surface area is 134 Å². The maximum atomic E-state index is 11.3. The standard InChI is InChI=1S/C14H8ClNO5S/c1-16-8-4-2-3-7(5-8)12-10(15)11(21-6-9(17)18)13(22-12)14(19)20/h1-5H,6H2,(H-,17,18,19,20)/p+1. The first kappa shape index (κ1) is 15.8. The second-order valence-corrected chi connectivity index (χ2v) is 5.47. The van der Waals surface area contributed by atoms with E-state index in [1.165, 1.54) is 0 Å². The van der Waals surface area contributed by atoms with Gasteiger partial charge in [0.25, 0.3) is 6.57 Å². The maximum absolute atomic E-state index is 11.3. The highest BCUT2D eigenvalue weighted by atomic mass is 35.5. The van der Waals surface area contributed by atoms with Gasteiger partial charge in [-0.1, -0.05) is 23.7 Å². The highest BCUT2D eigenvalue weighted by molar-refractivity contribution is 7.18. The third-order valence-corrected chi connectivity index (χ3v) is 4.28. The maximum Gasteiger partial charge on any atom is 0.349 e. The lowest BCUT2D eigenvalue weighted by Gasteiger charge is -2.03. The minimum Gasteiger partial charge on any atom is -0.479 e. The molecular formula is C14H9ClNO5S+. The van der Waals surface area contributed by atoms with Gasteiger partial charge in [0.05, 0.1) is 4.88 Å². The largest absolute Gasteiger partial charge is 0.479 e. The smallest absolute Gasteiger partial charge is 0.349 e.